The van der Waals surface area contributed by atoms with Crippen molar-refractivity contribution in [1.29, 1.82) is 0 Å². The summed E-state index contributed by atoms with van der Waals surface area (Å²) in [6, 6.07) is 16.9. The van der Waals surface area contributed by atoms with Gasteiger partial charge >= 0.3 is 0 Å². The first-order valence-electron chi connectivity index (χ1n) is 12.5. The highest BCUT2D eigenvalue weighted by Crippen LogP contribution is 2.31. The first kappa shape index (κ1) is 25.3. The van der Waals surface area contributed by atoms with Crippen molar-refractivity contribution in [2.24, 2.45) is 11.7 Å². The molecule has 8 nitrogen and oxygen atoms in total. The molecule has 0 aliphatic heterocycles. The molecule has 1 heterocycles. The number of anilines is 3. The number of halogens is 1. The molecule has 1 fully saturated rings. The maximum atomic E-state index is 13.5. The standard InChI is InChI=1S/C27H34FN7O/c1-18(20-6-4-3-5-7-20)16-31-26-32-25(30-2)33-27(34-26)35(17-19-8-12-22(28)13-9-19)23-14-10-21(11-15-23)24(29)36/h3-9,12-13,18,21,23H,10-11,14-17H2,1-2H3,(H2,29,36)(H2,30,31,32,33,34)/t18-,21?,23?/m0/s1. The maximum absolute atomic E-state index is 13.5. The molecule has 190 valence electrons. The number of amides is 1. The van der Waals surface area contributed by atoms with E-state index in [-0.39, 0.29) is 29.6 Å². The van der Waals surface area contributed by atoms with Crippen molar-refractivity contribution >= 4 is 23.8 Å². The van der Waals surface area contributed by atoms with Gasteiger partial charge in [-0.3, -0.25) is 4.79 Å². The van der Waals surface area contributed by atoms with Gasteiger partial charge in [-0.05, 0) is 54.9 Å². The predicted molar refractivity (Wildman–Crippen MR) is 140 cm³/mol. The Morgan fingerprint density at radius 3 is 2.33 bits per heavy atom. The van der Waals surface area contributed by atoms with Gasteiger partial charge in [0.1, 0.15) is 5.82 Å². The second kappa shape index (κ2) is 11.8. The molecule has 3 aromatic rings. The van der Waals surface area contributed by atoms with Crippen molar-refractivity contribution in [3.05, 3.63) is 71.5 Å². The number of carbonyl (C=O) groups is 1. The lowest BCUT2D eigenvalue weighted by Gasteiger charge is -2.36. The molecule has 4 rings (SSSR count). The fourth-order valence-electron chi connectivity index (χ4n) is 4.65. The minimum Gasteiger partial charge on any atom is -0.369 e. The van der Waals surface area contributed by atoms with Gasteiger partial charge in [-0.25, -0.2) is 4.39 Å². The summed E-state index contributed by atoms with van der Waals surface area (Å²) in [5.74, 6) is 1.14. The van der Waals surface area contributed by atoms with Crippen LogP contribution in [0, 0.1) is 11.7 Å². The van der Waals surface area contributed by atoms with Crippen LogP contribution in [0.15, 0.2) is 54.6 Å². The quantitative estimate of drug-likeness (QED) is 0.388. The molecule has 1 aliphatic carbocycles. The van der Waals surface area contributed by atoms with Gasteiger partial charge in [-0.15, -0.1) is 0 Å². The summed E-state index contributed by atoms with van der Waals surface area (Å²) in [6.07, 6.45) is 3.04. The molecular weight excluding hydrogens is 457 g/mol. The third-order valence-corrected chi connectivity index (χ3v) is 6.85. The first-order valence-corrected chi connectivity index (χ1v) is 12.5. The third-order valence-electron chi connectivity index (χ3n) is 6.85. The number of carbonyl (C=O) groups excluding carboxylic acids is 1. The Kier molecular flexibility index (Phi) is 8.30. The fraction of sp³-hybridized carbons (Fsp3) is 0.407. The van der Waals surface area contributed by atoms with Crippen LogP contribution in [0.4, 0.5) is 22.2 Å². The highest BCUT2D eigenvalue weighted by Gasteiger charge is 2.30. The van der Waals surface area contributed by atoms with Gasteiger partial charge in [0.15, 0.2) is 0 Å². The lowest BCUT2D eigenvalue weighted by Crippen LogP contribution is -2.41. The smallest absolute Gasteiger partial charge is 0.232 e. The predicted octanol–water partition coefficient (Wildman–Crippen LogP) is 4.32. The second-order valence-corrected chi connectivity index (χ2v) is 9.39. The van der Waals surface area contributed by atoms with Crippen LogP contribution >= 0.6 is 0 Å². The van der Waals surface area contributed by atoms with Gasteiger partial charge in [-0.2, -0.15) is 15.0 Å². The number of nitrogens with zero attached hydrogens (tertiary/aromatic N) is 4. The summed E-state index contributed by atoms with van der Waals surface area (Å²) in [7, 11) is 1.78. The van der Waals surface area contributed by atoms with Crippen LogP contribution in [-0.4, -0.2) is 40.5 Å². The molecule has 1 amide bonds. The molecule has 0 saturated heterocycles. The zero-order valence-electron chi connectivity index (χ0n) is 20.8. The monoisotopic (exact) mass is 491 g/mol. The van der Waals surface area contributed by atoms with Crippen LogP contribution in [0.1, 0.15) is 49.7 Å². The van der Waals surface area contributed by atoms with Crippen LogP contribution in [0.3, 0.4) is 0 Å². The normalized spacial score (nSPS) is 18.3. The van der Waals surface area contributed by atoms with E-state index in [4.69, 9.17) is 10.7 Å². The van der Waals surface area contributed by atoms with Crippen molar-refractivity contribution in [2.75, 3.05) is 29.1 Å². The Bertz CT molecular complexity index is 1130. The second-order valence-electron chi connectivity index (χ2n) is 9.39. The van der Waals surface area contributed by atoms with Crippen molar-refractivity contribution in [3.63, 3.8) is 0 Å². The largest absolute Gasteiger partial charge is 0.369 e. The van der Waals surface area contributed by atoms with Gasteiger partial charge in [0.05, 0.1) is 0 Å². The highest BCUT2D eigenvalue weighted by molar-refractivity contribution is 5.76. The highest BCUT2D eigenvalue weighted by atomic mass is 19.1. The molecule has 1 aliphatic rings. The number of aromatic nitrogens is 3. The van der Waals surface area contributed by atoms with Crippen molar-refractivity contribution in [2.45, 2.75) is 51.1 Å². The molecule has 0 unspecified atom stereocenters. The fourth-order valence-corrected chi connectivity index (χ4v) is 4.65. The number of primary amides is 1. The van der Waals surface area contributed by atoms with Crippen molar-refractivity contribution in [1.82, 2.24) is 15.0 Å². The van der Waals surface area contributed by atoms with Crippen molar-refractivity contribution < 1.29 is 9.18 Å². The van der Waals surface area contributed by atoms with Gasteiger partial charge in [0.25, 0.3) is 0 Å². The summed E-state index contributed by atoms with van der Waals surface area (Å²) in [4.78, 5) is 27.8. The molecule has 1 atom stereocenters. The maximum Gasteiger partial charge on any atom is 0.232 e. The van der Waals surface area contributed by atoms with E-state index in [1.54, 1.807) is 19.2 Å². The van der Waals surface area contributed by atoms with Crippen LogP contribution in [-0.2, 0) is 11.3 Å². The SMILES string of the molecule is CNc1nc(NC[C@H](C)c2ccccc2)nc(N(Cc2ccc(F)cc2)C2CCC(C(N)=O)CC2)n1. The number of rotatable bonds is 10. The number of hydrogen-bond donors (Lipinski definition) is 3. The number of hydrogen-bond acceptors (Lipinski definition) is 7. The van der Waals surface area contributed by atoms with E-state index >= 15 is 0 Å². The van der Waals surface area contributed by atoms with Gasteiger partial charge in [-0.1, -0.05) is 49.4 Å². The van der Waals surface area contributed by atoms with E-state index in [9.17, 15) is 9.18 Å². The Hall–Kier alpha value is -3.75. The summed E-state index contributed by atoms with van der Waals surface area (Å²) < 4.78 is 13.5. The average Bonchev–Trinajstić information content (AvgIpc) is 2.91. The summed E-state index contributed by atoms with van der Waals surface area (Å²) in [6.45, 7) is 3.33. The molecule has 2 aromatic carbocycles. The topological polar surface area (TPSA) is 109 Å². The first-order chi connectivity index (χ1) is 17.4. The zero-order valence-corrected chi connectivity index (χ0v) is 20.8. The molecule has 4 N–H and O–H groups in total. The minimum absolute atomic E-state index is 0.100. The van der Waals surface area contributed by atoms with Crippen LogP contribution in [0.25, 0.3) is 0 Å². The van der Waals surface area contributed by atoms with Crippen LogP contribution in [0.2, 0.25) is 0 Å². The van der Waals surface area contributed by atoms with Gasteiger partial charge in [0, 0.05) is 32.1 Å². The van der Waals surface area contributed by atoms with E-state index in [0.717, 1.165) is 31.2 Å². The Balaban J connectivity index is 1.58. The Morgan fingerprint density at radius 1 is 1.03 bits per heavy atom. The molecule has 0 radical (unpaired) electrons. The summed E-state index contributed by atoms with van der Waals surface area (Å²) in [5, 5.41) is 6.41. The lowest BCUT2D eigenvalue weighted by atomic mass is 9.85. The van der Waals surface area contributed by atoms with E-state index in [1.165, 1.54) is 17.7 Å². The van der Waals surface area contributed by atoms with Gasteiger partial charge in [0.2, 0.25) is 23.8 Å². The van der Waals surface area contributed by atoms with E-state index < -0.39 is 0 Å². The lowest BCUT2D eigenvalue weighted by molar-refractivity contribution is -0.122. The van der Waals surface area contributed by atoms with E-state index in [0.29, 0.717) is 30.9 Å². The Labute approximate surface area is 211 Å². The Morgan fingerprint density at radius 2 is 1.69 bits per heavy atom. The van der Waals surface area contributed by atoms with E-state index in [2.05, 4.69) is 44.6 Å². The van der Waals surface area contributed by atoms with Crippen molar-refractivity contribution in [3.8, 4) is 0 Å². The molecule has 0 spiro atoms. The minimum atomic E-state index is -0.274. The zero-order chi connectivity index (χ0) is 25.5. The average molecular weight is 492 g/mol. The molecule has 36 heavy (non-hydrogen) atoms. The third kappa shape index (κ3) is 6.47. The molecule has 1 saturated carbocycles. The number of benzene rings is 2. The molecular formula is C27H34FN7O. The summed E-state index contributed by atoms with van der Waals surface area (Å²) in [5.41, 5.74) is 7.74. The van der Waals surface area contributed by atoms with Crippen LogP contribution < -0.4 is 21.3 Å². The molecule has 1 aromatic heterocycles. The van der Waals surface area contributed by atoms with Gasteiger partial charge < -0.3 is 21.3 Å². The van der Waals surface area contributed by atoms with E-state index in [1.807, 2.05) is 18.2 Å². The summed E-state index contributed by atoms with van der Waals surface area (Å²) >= 11 is 0. The molecule has 0 bridgehead atoms. The number of nitrogens with one attached hydrogen (secondary N) is 2. The number of nitrogens with two attached hydrogens (primary N) is 1. The van der Waals surface area contributed by atoms with Crippen LogP contribution in [0.5, 0.6) is 0 Å². The molecule has 9 heteroatoms.